The molecule has 0 aliphatic rings. The van der Waals surface area contributed by atoms with E-state index in [2.05, 4.69) is 4.74 Å². The number of methoxy groups -OCH3 is 1. The molecule has 0 saturated heterocycles. The van der Waals surface area contributed by atoms with Crippen molar-refractivity contribution in [2.75, 3.05) is 19.5 Å². The molecule has 2 N–H and O–H groups in total. The fraction of sp³-hybridized carbons (Fsp3) is 0.286. The second kappa shape index (κ2) is 7.20. The average Bonchev–Trinajstić information content (AvgIpc) is 2.37. The Morgan fingerprint density at radius 2 is 2.05 bits per heavy atom. The van der Waals surface area contributed by atoms with Gasteiger partial charge in [0.2, 0.25) is 0 Å². The zero-order chi connectivity index (χ0) is 14.3. The molecule has 0 amide bonds. The standard InChI is InChI=1S/C14H17NO4/c1-3-19-13(16)6-4-5-10-7-11(14(17)18-2)9-12(15)8-10/h4-5,7-9H,3,6,15H2,1-2H3. The second-order valence-electron chi connectivity index (χ2n) is 3.79. The van der Waals surface area contributed by atoms with E-state index in [0.29, 0.717) is 17.9 Å². The Bertz CT molecular complexity index is 494. The second-order valence-corrected chi connectivity index (χ2v) is 3.79. The molecule has 1 aromatic rings. The maximum Gasteiger partial charge on any atom is 0.337 e. The number of anilines is 1. The number of nitrogens with two attached hydrogens (primary N) is 1. The van der Waals surface area contributed by atoms with E-state index in [0.717, 1.165) is 5.56 Å². The first kappa shape index (κ1) is 14.8. The molecular weight excluding hydrogens is 246 g/mol. The van der Waals surface area contributed by atoms with E-state index >= 15 is 0 Å². The summed E-state index contributed by atoms with van der Waals surface area (Å²) in [6.07, 6.45) is 3.55. The van der Waals surface area contributed by atoms with Gasteiger partial charge in [0, 0.05) is 5.69 Å². The number of hydrogen-bond donors (Lipinski definition) is 1. The zero-order valence-electron chi connectivity index (χ0n) is 11.0. The molecule has 0 atom stereocenters. The number of rotatable bonds is 5. The normalized spacial score (nSPS) is 10.4. The number of esters is 2. The number of ether oxygens (including phenoxy) is 2. The summed E-state index contributed by atoms with van der Waals surface area (Å²) in [7, 11) is 1.31. The number of nitrogen functional groups attached to an aromatic ring is 1. The number of benzene rings is 1. The van der Waals surface area contributed by atoms with Gasteiger partial charge >= 0.3 is 11.9 Å². The molecule has 0 aliphatic heterocycles. The first-order chi connectivity index (χ1) is 9.06. The molecule has 5 heteroatoms. The first-order valence-corrected chi connectivity index (χ1v) is 5.88. The van der Waals surface area contributed by atoms with Crippen molar-refractivity contribution < 1.29 is 19.1 Å². The van der Waals surface area contributed by atoms with Gasteiger partial charge < -0.3 is 15.2 Å². The van der Waals surface area contributed by atoms with Gasteiger partial charge in [0.25, 0.3) is 0 Å². The summed E-state index contributed by atoms with van der Waals surface area (Å²) in [5.41, 5.74) is 7.25. The van der Waals surface area contributed by atoms with Gasteiger partial charge in [-0.2, -0.15) is 0 Å². The minimum absolute atomic E-state index is 0.177. The fourth-order valence-corrected chi connectivity index (χ4v) is 1.52. The molecule has 19 heavy (non-hydrogen) atoms. The van der Waals surface area contributed by atoms with Gasteiger partial charge in [0.15, 0.2) is 0 Å². The lowest BCUT2D eigenvalue weighted by Crippen LogP contribution is -2.03. The van der Waals surface area contributed by atoms with Gasteiger partial charge in [-0.25, -0.2) is 4.79 Å². The van der Waals surface area contributed by atoms with Crippen LogP contribution in [-0.4, -0.2) is 25.7 Å². The van der Waals surface area contributed by atoms with E-state index < -0.39 is 5.97 Å². The van der Waals surface area contributed by atoms with Crippen LogP contribution in [0.5, 0.6) is 0 Å². The van der Waals surface area contributed by atoms with E-state index in [1.54, 1.807) is 31.2 Å². The van der Waals surface area contributed by atoms with Crippen LogP contribution in [0.15, 0.2) is 24.3 Å². The molecule has 0 saturated carbocycles. The monoisotopic (exact) mass is 263 g/mol. The van der Waals surface area contributed by atoms with Crippen molar-refractivity contribution in [3.05, 3.63) is 35.4 Å². The summed E-state index contributed by atoms with van der Waals surface area (Å²) in [5.74, 6) is -0.747. The summed E-state index contributed by atoms with van der Waals surface area (Å²) in [6.45, 7) is 2.11. The predicted molar refractivity (Wildman–Crippen MR) is 72.5 cm³/mol. The molecule has 0 aliphatic carbocycles. The molecule has 0 unspecified atom stereocenters. The van der Waals surface area contributed by atoms with Gasteiger partial charge in [0.05, 0.1) is 25.7 Å². The van der Waals surface area contributed by atoms with Crippen molar-refractivity contribution in [3.8, 4) is 0 Å². The number of hydrogen-bond acceptors (Lipinski definition) is 5. The summed E-state index contributed by atoms with van der Waals surface area (Å²) in [6, 6.07) is 4.88. The minimum atomic E-state index is -0.452. The van der Waals surface area contributed by atoms with E-state index in [9.17, 15) is 9.59 Å². The maximum atomic E-state index is 11.4. The minimum Gasteiger partial charge on any atom is -0.466 e. The predicted octanol–water partition coefficient (Wildman–Crippen LogP) is 2.02. The molecule has 5 nitrogen and oxygen atoms in total. The van der Waals surface area contributed by atoms with Crippen LogP contribution < -0.4 is 5.73 Å². The molecule has 0 spiro atoms. The topological polar surface area (TPSA) is 78.6 Å². The molecule has 0 bridgehead atoms. The molecule has 1 rings (SSSR count). The Hall–Kier alpha value is -2.30. The maximum absolute atomic E-state index is 11.4. The van der Waals surface area contributed by atoms with Gasteiger partial charge in [-0.05, 0) is 30.7 Å². The molecule has 0 aromatic heterocycles. The third-order valence-corrected chi connectivity index (χ3v) is 2.30. The van der Waals surface area contributed by atoms with Gasteiger partial charge in [-0.3, -0.25) is 4.79 Å². The fourth-order valence-electron chi connectivity index (χ4n) is 1.52. The molecule has 0 radical (unpaired) electrons. The Labute approximate surface area is 112 Å². The van der Waals surface area contributed by atoms with E-state index in [-0.39, 0.29) is 12.4 Å². The zero-order valence-corrected chi connectivity index (χ0v) is 11.0. The first-order valence-electron chi connectivity index (χ1n) is 5.88. The Morgan fingerprint density at radius 1 is 1.32 bits per heavy atom. The van der Waals surface area contributed by atoms with Crippen molar-refractivity contribution >= 4 is 23.7 Å². The Kier molecular flexibility index (Phi) is 5.60. The van der Waals surface area contributed by atoms with Crippen LogP contribution in [0.1, 0.15) is 29.3 Å². The largest absolute Gasteiger partial charge is 0.466 e. The van der Waals surface area contributed by atoms with E-state index in [1.165, 1.54) is 13.2 Å². The van der Waals surface area contributed by atoms with Crippen LogP contribution in [-0.2, 0) is 14.3 Å². The molecule has 0 heterocycles. The molecule has 1 aromatic carbocycles. The summed E-state index contributed by atoms with van der Waals surface area (Å²) in [4.78, 5) is 22.6. The highest BCUT2D eigenvalue weighted by Gasteiger charge is 2.06. The van der Waals surface area contributed by atoms with Crippen LogP contribution in [0.4, 0.5) is 5.69 Å². The van der Waals surface area contributed by atoms with Crippen LogP contribution in [0.25, 0.3) is 6.08 Å². The average molecular weight is 263 g/mol. The van der Waals surface area contributed by atoms with Crippen LogP contribution in [0.3, 0.4) is 0 Å². The van der Waals surface area contributed by atoms with Crippen LogP contribution in [0.2, 0.25) is 0 Å². The molecule has 102 valence electrons. The van der Waals surface area contributed by atoms with Crippen molar-refractivity contribution in [2.45, 2.75) is 13.3 Å². The third kappa shape index (κ3) is 4.83. The molecule has 0 fully saturated rings. The highest BCUT2D eigenvalue weighted by Crippen LogP contribution is 2.14. The lowest BCUT2D eigenvalue weighted by atomic mass is 10.1. The summed E-state index contributed by atoms with van der Waals surface area (Å²) < 4.78 is 9.42. The smallest absolute Gasteiger partial charge is 0.337 e. The Balaban J connectivity index is 2.78. The van der Waals surface area contributed by atoms with Gasteiger partial charge in [-0.1, -0.05) is 12.2 Å². The van der Waals surface area contributed by atoms with Crippen molar-refractivity contribution in [3.63, 3.8) is 0 Å². The summed E-state index contributed by atoms with van der Waals surface area (Å²) >= 11 is 0. The lowest BCUT2D eigenvalue weighted by molar-refractivity contribution is -0.142. The SMILES string of the molecule is CCOC(=O)CC=Cc1cc(N)cc(C(=O)OC)c1. The number of carbonyl (C=O) groups excluding carboxylic acids is 2. The summed E-state index contributed by atoms with van der Waals surface area (Å²) in [5, 5.41) is 0. The van der Waals surface area contributed by atoms with Crippen molar-refractivity contribution in [1.29, 1.82) is 0 Å². The van der Waals surface area contributed by atoms with Crippen molar-refractivity contribution in [2.24, 2.45) is 0 Å². The highest BCUT2D eigenvalue weighted by molar-refractivity contribution is 5.91. The highest BCUT2D eigenvalue weighted by atomic mass is 16.5. The number of carbonyl (C=O) groups is 2. The van der Waals surface area contributed by atoms with E-state index in [4.69, 9.17) is 10.5 Å². The third-order valence-electron chi connectivity index (χ3n) is 2.30. The van der Waals surface area contributed by atoms with E-state index in [1.807, 2.05) is 0 Å². The molecular formula is C14H17NO4. The lowest BCUT2D eigenvalue weighted by Gasteiger charge is -2.03. The van der Waals surface area contributed by atoms with Gasteiger partial charge in [-0.15, -0.1) is 0 Å². The van der Waals surface area contributed by atoms with Crippen molar-refractivity contribution in [1.82, 2.24) is 0 Å². The van der Waals surface area contributed by atoms with Crippen LogP contribution >= 0.6 is 0 Å². The Morgan fingerprint density at radius 3 is 2.68 bits per heavy atom. The quantitative estimate of drug-likeness (QED) is 0.649. The van der Waals surface area contributed by atoms with Crippen LogP contribution in [0, 0.1) is 0 Å². The van der Waals surface area contributed by atoms with Gasteiger partial charge in [0.1, 0.15) is 0 Å².